The van der Waals surface area contributed by atoms with E-state index in [-0.39, 0.29) is 18.9 Å². The quantitative estimate of drug-likeness (QED) is 0.467. The van der Waals surface area contributed by atoms with Gasteiger partial charge in [0.2, 0.25) is 5.91 Å². The maximum atomic E-state index is 11.8. The zero-order chi connectivity index (χ0) is 13.8. The molecule has 1 N–H and O–H groups in total. The van der Waals surface area contributed by atoms with Gasteiger partial charge in [0.15, 0.2) is 0 Å². The van der Waals surface area contributed by atoms with Crippen LogP contribution in [0.2, 0.25) is 0 Å². The number of hydrogen-bond acceptors (Lipinski definition) is 2. The molecule has 1 unspecified atom stereocenters. The van der Waals surface area contributed by atoms with Crippen LogP contribution in [-0.2, 0) is 9.53 Å². The Labute approximate surface area is 116 Å². The molecule has 0 saturated heterocycles. The van der Waals surface area contributed by atoms with Crippen LogP contribution in [0, 0.1) is 5.92 Å². The SMILES string of the molecule is CCCC(CCBr)CNC(=O)CCOCC(F)F. The van der Waals surface area contributed by atoms with Crippen LogP contribution in [0.3, 0.4) is 0 Å². The lowest BCUT2D eigenvalue weighted by Gasteiger charge is -2.15. The van der Waals surface area contributed by atoms with Gasteiger partial charge in [-0.15, -0.1) is 0 Å². The third kappa shape index (κ3) is 10.9. The molecule has 0 aliphatic heterocycles. The van der Waals surface area contributed by atoms with E-state index in [9.17, 15) is 13.6 Å². The fourth-order valence-corrected chi connectivity index (χ4v) is 2.24. The third-order valence-electron chi connectivity index (χ3n) is 2.52. The highest BCUT2D eigenvalue weighted by Crippen LogP contribution is 2.11. The number of alkyl halides is 3. The van der Waals surface area contributed by atoms with Crippen molar-refractivity contribution in [2.75, 3.05) is 25.1 Å². The summed E-state index contributed by atoms with van der Waals surface area (Å²) in [7, 11) is 0. The Morgan fingerprint density at radius 2 is 2.11 bits per heavy atom. The number of carbonyl (C=O) groups excluding carboxylic acids is 1. The molecule has 3 nitrogen and oxygen atoms in total. The molecule has 0 rings (SSSR count). The third-order valence-corrected chi connectivity index (χ3v) is 2.98. The zero-order valence-electron chi connectivity index (χ0n) is 10.8. The van der Waals surface area contributed by atoms with E-state index in [1.165, 1.54) is 0 Å². The molecule has 0 aliphatic rings. The first-order chi connectivity index (χ1) is 8.60. The van der Waals surface area contributed by atoms with Crippen molar-refractivity contribution < 1.29 is 18.3 Å². The topological polar surface area (TPSA) is 38.3 Å². The van der Waals surface area contributed by atoms with Gasteiger partial charge in [-0.1, -0.05) is 29.3 Å². The summed E-state index contributed by atoms with van der Waals surface area (Å²) in [5.74, 6) is 0.334. The molecule has 6 heteroatoms. The highest BCUT2D eigenvalue weighted by atomic mass is 79.9. The summed E-state index contributed by atoms with van der Waals surface area (Å²) in [4.78, 5) is 11.4. The zero-order valence-corrected chi connectivity index (χ0v) is 12.3. The number of rotatable bonds is 11. The number of nitrogens with one attached hydrogen (secondary N) is 1. The maximum Gasteiger partial charge on any atom is 0.261 e. The highest BCUT2D eigenvalue weighted by molar-refractivity contribution is 9.09. The van der Waals surface area contributed by atoms with Gasteiger partial charge in [-0.2, -0.15) is 0 Å². The molecule has 0 heterocycles. The molecule has 18 heavy (non-hydrogen) atoms. The number of hydrogen-bond donors (Lipinski definition) is 1. The number of amides is 1. The molecular weight excluding hydrogens is 308 g/mol. The van der Waals surface area contributed by atoms with Crippen molar-refractivity contribution in [1.82, 2.24) is 5.32 Å². The molecule has 0 aromatic carbocycles. The molecular formula is C12H22BrF2NO2. The van der Waals surface area contributed by atoms with Crippen LogP contribution >= 0.6 is 15.9 Å². The standard InChI is InChI=1S/C12H22BrF2NO2/c1-2-3-10(4-6-13)8-16-12(17)5-7-18-9-11(14)15/h10-11H,2-9H2,1H3,(H,16,17). The van der Waals surface area contributed by atoms with Crippen molar-refractivity contribution in [2.45, 2.75) is 39.0 Å². The molecule has 108 valence electrons. The first-order valence-corrected chi connectivity index (χ1v) is 7.40. The van der Waals surface area contributed by atoms with Crippen molar-refractivity contribution in [3.8, 4) is 0 Å². The predicted octanol–water partition coefficient (Wildman–Crippen LogP) is 2.98. The van der Waals surface area contributed by atoms with Crippen molar-refractivity contribution >= 4 is 21.8 Å². The van der Waals surface area contributed by atoms with Crippen LogP contribution in [0.1, 0.15) is 32.6 Å². The number of halogens is 3. The number of ether oxygens (including phenoxy) is 1. The summed E-state index contributed by atoms with van der Waals surface area (Å²) >= 11 is 3.39. The van der Waals surface area contributed by atoms with Gasteiger partial charge in [-0.3, -0.25) is 4.79 Å². The Balaban J connectivity index is 3.60. The highest BCUT2D eigenvalue weighted by Gasteiger charge is 2.09. The fraction of sp³-hybridized carbons (Fsp3) is 0.917. The molecule has 0 spiro atoms. The van der Waals surface area contributed by atoms with Gasteiger partial charge in [0.1, 0.15) is 6.61 Å². The molecule has 1 atom stereocenters. The van der Waals surface area contributed by atoms with Crippen LogP contribution in [0.5, 0.6) is 0 Å². The van der Waals surface area contributed by atoms with Gasteiger partial charge in [0.05, 0.1) is 6.61 Å². The second-order valence-corrected chi connectivity index (χ2v) is 4.95. The maximum absolute atomic E-state index is 11.8. The lowest BCUT2D eigenvalue weighted by molar-refractivity contribution is -0.122. The Bertz CT molecular complexity index is 212. The van der Waals surface area contributed by atoms with Crippen molar-refractivity contribution in [3.05, 3.63) is 0 Å². The molecule has 0 bridgehead atoms. The molecule has 1 amide bonds. The Hall–Kier alpha value is -0.230. The lowest BCUT2D eigenvalue weighted by atomic mass is 10.0. The summed E-state index contributed by atoms with van der Waals surface area (Å²) < 4.78 is 28.2. The van der Waals surface area contributed by atoms with E-state index in [0.717, 1.165) is 24.6 Å². The monoisotopic (exact) mass is 329 g/mol. The Morgan fingerprint density at radius 1 is 1.39 bits per heavy atom. The summed E-state index contributed by atoms with van der Waals surface area (Å²) in [6, 6.07) is 0. The van der Waals surface area contributed by atoms with Gasteiger partial charge in [0.25, 0.3) is 6.43 Å². The molecule has 0 radical (unpaired) electrons. The normalized spacial score (nSPS) is 12.7. The average Bonchev–Trinajstić information content (AvgIpc) is 2.32. The van der Waals surface area contributed by atoms with Crippen LogP contribution < -0.4 is 5.32 Å². The summed E-state index contributed by atoms with van der Waals surface area (Å²) in [5, 5.41) is 3.73. The van der Waals surface area contributed by atoms with E-state index >= 15 is 0 Å². The fourth-order valence-electron chi connectivity index (χ4n) is 1.59. The largest absolute Gasteiger partial charge is 0.375 e. The van der Waals surface area contributed by atoms with Gasteiger partial charge in [-0.25, -0.2) is 8.78 Å². The number of carbonyl (C=O) groups is 1. The summed E-state index contributed by atoms with van der Waals surface area (Å²) in [6.07, 6.45) is 0.857. The molecule has 0 aromatic heterocycles. The van der Waals surface area contributed by atoms with Gasteiger partial charge < -0.3 is 10.1 Å². The van der Waals surface area contributed by atoms with E-state index < -0.39 is 13.0 Å². The second kappa shape index (κ2) is 11.8. The van der Waals surface area contributed by atoms with E-state index in [2.05, 4.69) is 32.9 Å². The van der Waals surface area contributed by atoms with Crippen molar-refractivity contribution in [1.29, 1.82) is 0 Å². The summed E-state index contributed by atoms with van der Waals surface area (Å²) in [6.45, 7) is 2.21. The molecule has 0 fully saturated rings. The minimum absolute atomic E-state index is 0.0487. The van der Waals surface area contributed by atoms with E-state index in [1.54, 1.807) is 0 Å². The first kappa shape index (κ1) is 17.8. The average molecular weight is 330 g/mol. The molecule has 0 aromatic rings. The molecule has 0 aliphatic carbocycles. The Morgan fingerprint density at radius 3 is 2.67 bits per heavy atom. The van der Waals surface area contributed by atoms with Crippen LogP contribution in [0.4, 0.5) is 8.78 Å². The smallest absolute Gasteiger partial charge is 0.261 e. The van der Waals surface area contributed by atoms with Gasteiger partial charge in [0, 0.05) is 18.3 Å². The minimum atomic E-state index is -2.47. The van der Waals surface area contributed by atoms with Crippen molar-refractivity contribution in [2.24, 2.45) is 5.92 Å². The van der Waals surface area contributed by atoms with Gasteiger partial charge >= 0.3 is 0 Å². The Kier molecular flexibility index (Phi) is 11.7. The van der Waals surface area contributed by atoms with Crippen molar-refractivity contribution in [3.63, 3.8) is 0 Å². The predicted molar refractivity (Wildman–Crippen MR) is 71.3 cm³/mol. The van der Waals surface area contributed by atoms with Crippen LogP contribution in [0.25, 0.3) is 0 Å². The van der Waals surface area contributed by atoms with E-state index in [4.69, 9.17) is 0 Å². The summed E-state index contributed by atoms with van der Waals surface area (Å²) in [5.41, 5.74) is 0. The second-order valence-electron chi connectivity index (χ2n) is 4.15. The molecule has 0 saturated carbocycles. The van der Waals surface area contributed by atoms with E-state index in [0.29, 0.717) is 12.5 Å². The lowest BCUT2D eigenvalue weighted by Crippen LogP contribution is -2.30. The van der Waals surface area contributed by atoms with E-state index in [1.807, 2.05) is 0 Å². The van der Waals surface area contributed by atoms with Crippen LogP contribution in [-0.4, -0.2) is 37.4 Å². The first-order valence-electron chi connectivity index (χ1n) is 6.28. The van der Waals surface area contributed by atoms with Crippen LogP contribution in [0.15, 0.2) is 0 Å². The minimum Gasteiger partial charge on any atom is -0.375 e. The van der Waals surface area contributed by atoms with Gasteiger partial charge in [-0.05, 0) is 18.8 Å².